The van der Waals surface area contributed by atoms with E-state index in [4.69, 9.17) is 37.0 Å². The van der Waals surface area contributed by atoms with Crippen LogP contribution in [0, 0.1) is 5.82 Å². The molecule has 1 aliphatic carbocycles. The molecule has 1 saturated heterocycles. The highest BCUT2D eigenvalue weighted by atomic mass is 19.1. The van der Waals surface area contributed by atoms with E-state index in [1.165, 1.54) is 50.8 Å². The highest BCUT2D eigenvalue weighted by Gasteiger charge is 2.30. The average Bonchev–Trinajstić information content (AvgIpc) is 3.23. The van der Waals surface area contributed by atoms with Crippen LogP contribution in [0.1, 0.15) is 64.7 Å². The number of hydrogen-bond donors (Lipinski definition) is 3. The fraction of sp³-hybridized carbons (Fsp3) is 0.667. The molecule has 1 unspecified atom stereocenters. The molecule has 3 aliphatic rings. The number of carbonyl (C=O) groups is 1. The van der Waals surface area contributed by atoms with Gasteiger partial charge in [0.05, 0.1) is 25.4 Å². The van der Waals surface area contributed by atoms with E-state index >= 15 is 0 Å². The Labute approximate surface area is 231 Å². The highest BCUT2D eigenvalue weighted by Crippen LogP contribution is 2.26. The molecule has 1 atom stereocenters. The standard InChI is InChI=1S/C25H42FN9O.C2H4O/c1-32-13-11-20(12-14-32)35(29)25-30-18(17-33(27)19-7-5-3-4-6-8-19)15-24(31-25)34(28)21-9-10-23(36-2)22(26)16-21;1-2-3/h9-10,16,19-20,24H,3-8,11-15,17,27-29H2,1-2H3;2H,1H3. The first-order valence-corrected chi connectivity index (χ1v) is 13.9. The number of likely N-dealkylation sites (tertiary alicyclic amines) is 1. The summed E-state index contributed by atoms with van der Waals surface area (Å²) in [5.41, 5.74) is 1.38. The second kappa shape index (κ2) is 15.2. The number of ether oxygens (including phenoxy) is 1. The number of aldehydes is 1. The summed E-state index contributed by atoms with van der Waals surface area (Å²) in [4.78, 5) is 20.8. The Balaban J connectivity index is 0.00000134. The van der Waals surface area contributed by atoms with Gasteiger partial charge >= 0.3 is 0 Å². The molecule has 0 radical (unpaired) electrons. The Kier molecular flexibility index (Phi) is 12.1. The van der Waals surface area contributed by atoms with Gasteiger partial charge in [-0.25, -0.2) is 31.1 Å². The molecule has 0 bridgehead atoms. The lowest BCUT2D eigenvalue weighted by molar-refractivity contribution is -0.106. The molecule has 12 heteroatoms. The third kappa shape index (κ3) is 8.67. The minimum Gasteiger partial charge on any atom is -0.494 e. The lowest BCUT2D eigenvalue weighted by Crippen LogP contribution is -2.53. The van der Waals surface area contributed by atoms with Gasteiger partial charge in [-0.15, -0.1) is 0 Å². The van der Waals surface area contributed by atoms with E-state index in [-0.39, 0.29) is 11.8 Å². The van der Waals surface area contributed by atoms with E-state index in [0.717, 1.165) is 50.8 Å². The topological polar surface area (TPSA) is 142 Å². The molecule has 2 fully saturated rings. The van der Waals surface area contributed by atoms with Crippen LogP contribution in [-0.2, 0) is 4.79 Å². The third-order valence-corrected chi connectivity index (χ3v) is 7.67. The fourth-order valence-corrected chi connectivity index (χ4v) is 5.34. The van der Waals surface area contributed by atoms with Gasteiger partial charge in [-0.1, -0.05) is 25.7 Å². The number of nitrogens with zero attached hydrogens (tertiary/aromatic N) is 6. The van der Waals surface area contributed by atoms with Crippen molar-refractivity contribution in [1.82, 2.24) is 14.9 Å². The first-order chi connectivity index (χ1) is 18.8. The number of aliphatic imine (C=N–C) groups is 2. The summed E-state index contributed by atoms with van der Waals surface area (Å²) in [5, 5.41) is 5.09. The second-order valence-corrected chi connectivity index (χ2v) is 10.5. The van der Waals surface area contributed by atoms with Gasteiger partial charge in [-0.3, -0.25) is 15.9 Å². The summed E-state index contributed by atoms with van der Waals surface area (Å²) in [5.74, 6) is 19.8. The number of methoxy groups -OCH3 is 1. The minimum atomic E-state index is -0.486. The van der Waals surface area contributed by atoms with Gasteiger partial charge in [0.25, 0.3) is 0 Å². The number of hydrazine groups is 3. The highest BCUT2D eigenvalue weighted by molar-refractivity contribution is 6.00. The van der Waals surface area contributed by atoms with Crippen molar-refractivity contribution in [2.45, 2.75) is 83.0 Å². The van der Waals surface area contributed by atoms with Gasteiger partial charge in [0, 0.05) is 24.2 Å². The molecule has 4 rings (SSSR count). The van der Waals surface area contributed by atoms with Gasteiger partial charge in [0.2, 0.25) is 5.96 Å². The smallest absolute Gasteiger partial charge is 0.237 e. The molecule has 0 amide bonds. The SMILES string of the molecule is CC=O.COc1ccc(N(N)C2CC(CN(N)C3CCCCCC3)=NC(N(N)C3CCN(C)CC3)=N2)cc1F. The Bertz CT molecular complexity index is 976. The largest absolute Gasteiger partial charge is 0.494 e. The van der Waals surface area contributed by atoms with Gasteiger partial charge in [0.15, 0.2) is 11.6 Å². The normalized spacial score (nSPS) is 21.3. The van der Waals surface area contributed by atoms with E-state index in [1.807, 2.05) is 5.01 Å². The second-order valence-electron chi connectivity index (χ2n) is 10.5. The minimum absolute atomic E-state index is 0.143. The zero-order valence-electron chi connectivity index (χ0n) is 23.6. The number of carbonyl (C=O) groups excluding carboxylic acids is 1. The number of guanidine groups is 1. The van der Waals surface area contributed by atoms with E-state index in [1.54, 1.807) is 17.1 Å². The molecule has 2 heterocycles. The molecule has 1 saturated carbocycles. The van der Waals surface area contributed by atoms with Crippen LogP contribution in [-0.4, -0.2) is 84.9 Å². The van der Waals surface area contributed by atoms with Crippen LogP contribution in [0.2, 0.25) is 0 Å². The molecule has 39 heavy (non-hydrogen) atoms. The summed E-state index contributed by atoms with van der Waals surface area (Å²) in [6, 6.07) is 5.12. The lowest BCUT2D eigenvalue weighted by atomic mass is 10.1. The molecule has 1 aromatic rings. The van der Waals surface area contributed by atoms with Crippen molar-refractivity contribution in [3.8, 4) is 5.75 Å². The molecule has 0 aromatic heterocycles. The molecule has 2 aliphatic heterocycles. The van der Waals surface area contributed by atoms with E-state index in [9.17, 15) is 4.39 Å². The predicted octanol–water partition coefficient (Wildman–Crippen LogP) is 2.41. The lowest BCUT2D eigenvalue weighted by Gasteiger charge is -2.38. The zero-order valence-corrected chi connectivity index (χ0v) is 23.6. The molecule has 218 valence electrons. The van der Waals surface area contributed by atoms with E-state index in [2.05, 4.69) is 11.9 Å². The maximum absolute atomic E-state index is 14.4. The average molecular weight is 548 g/mol. The maximum atomic E-state index is 14.4. The van der Waals surface area contributed by atoms with Crippen molar-refractivity contribution in [2.24, 2.45) is 27.5 Å². The fourth-order valence-electron chi connectivity index (χ4n) is 5.34. The van der Waals surface area contributed by atoms with Crippen molar-refractivity contribution >= 4 is 23.6 Å². The molecular formula is C27H46FN9O2. The van der Waals surface area contributed by atoms with E-state index < -0.39 is 12.0 Å². The summed E-state index contributed by atoms with van der Waals surface area (Å²) >= 11 is 0. The first-order valence-electron chi connectivity index (χ1n) is 13.9. The predicted molar refractivity (Wildman–Crippen MR) is 154 cm³/mol. The van der Waals surface area contributed by atoms with Crippen LogP contribution in [0.5, 0.6) is 5.75 Å². The van der Waals surface area contributed by atoms with Crippen molar-refractivity contribution in [2.75, 3.05) is 38.8 Å². The van der Waals surface area contributed by atoms with Gasteiger partial charge < -0.3 is 14.4 Å². The summed E-state index contributed by atoms with van der Waals surface area (Å²) < 4.78 is 19.5. The number of rotatable bonds is 7. The monoisotopic (exact) mass is 547 g/mol. The van der Waals surface area contributed by atoms with Crippen LogP contribution < -0.4 is 27.3 Å². The van der Waals surface area contributed by atoms with Crippen LogP contribution in [0.4, 0.5) is 10.1 Å². The number of nitrogens with two attached hydrogens (primary N) is 3. The summed E-state index contributed by atoms with van der Waals surface area (Å²) in [6.45, 7) is 3.91. The quantitative estimate of drug-likeness (QED) is 0.203. The summed E-state index contributed by atoms with van der Waals surface area (Å²) in [7, 11) is 3.55. The van der Waals surface area contributed by atoms with Crippen LogP contribution in [0.15, 0.2) is 28.2 Å². The number of anilines is 1. The molecule has 11 nitrogen and oxygen atoms in total. The first kappa shape index (κ1) is 30.9. The molecular weight excluding hydrogens is 501 g/mol. The molecule has 1 aromatic carbocycles. The number of piperidine rings is 1. The van der Waals surface area contributed by atoms with Crippen molar-refractivity contribution in [3.05, 3.63) is 24.0 Å². The molecule has 6 N–H and O–H groups in total. The number of hydrogen-bond acceptors (Lipinski definition) is 11. The molecule has 0 spiro atoms. The Morgan fingerprint density at radius 1 is 1.05 bits per heavy atom. The van der Waals surface area contributed by atoms with Crippen LogP contribution >= 0.6 is 0 Å². The van der Waals surface area contributed by atoms with E-state index in [0.29, 0.717) is 30.7 Å². The maximum Gasteiger partial charge on any atom is 0.237 e. The van der Waals surface area contributed by atoms with Crippen LogP contribution in [0.3, 0.4) is 0 Å². The number of halogens is 1. The summed E-state index contributed by atoms with van der Waals surface area (Å²) in [6.07, 6.45) is 9.74. The number of benzene rings is 1. The Hall–Kier alpha value is -2.64. The van der Waals surface area contributed by atoms with Gasteiger partial charge in [0.1, 0.15) is 12.5 Å². The zero-order chi connectivity index (χ0) is 28.4. The Morgan fingerprint density at radius 2 is 1.69 bits per heavy atom. The van der Waals surface area contributed by atoms with Crippen molar-refractivity contribution in [1.29, 1.82) is 0 Å². The van der Waals surface area contributed by atoms with Crippen molar-refractivity contribution in [3.63, 3.8) is 0 Å². The Morgan fingerprint density at radius 3 is 2.28 bits per heavy atom. The van der Waals surface area contributed by atoms with Crippen LogP contribution in [0.25, 0.3) is 0 Å². The van der Waals surface area contributed by atoms with Gasteiger partial charge in [-0.2, -0.15) is 0 Å². The third-order valence-electron chi connectivity index (χ3n) is 7.67. The van der Waals surface area contributed by atoms with Crippen molar-refractivity contribution < 1.29 is 13.9 Å². The van der Waals surface area contributed by atoms with Gasteiger partial charge in [-0.05, 0) is 64.9 Å².